The lowest BCUT2D eigenvalue weighted by atomic mass is 10.3. The molecule has 7 nitrogen and oxygen atoms in total. The highest BCUT2D eigenvalue weighted by molar-refractivity contribution is 14.0. The maximum absolute atomic E-state index is 6.12. The van der Waals surface area contributed by atoms with Crippen LogP contribution in [-0.2, 0) is 13.0 Å². The molecular weight excluding hydrogens is 479 g/mol. The van der Waals surface area contributed by atoms with E-state index in [4.69, 9.17) is 16.3 Å². The van der Waals surface area contributed by atoms with E-state index in [1.54, 1.807) is 6.33 Å². The Morgan fingerprint density at radius 2 is 2.07 bits per heavy atom. The van der Waals surface area contributed by atoms with Crippen LogP contribution in [0.4, 0.5) is 0 Å². The van der Waals surface area contributed by atoms with Gasteiger partial charge in [0, 0.05) is 26.1 Å². The topological polar surface area (TPSA) is 76.4 Å². The van der Waals surface area contributed by atoms with Crippen molar-refractivity contribution in [3.63, 3.8) is 0 Å². The summed E-state index contributed by atoms with van der Waals surface area (Å²) in [5.41, 5.74) is 0. The normalized spacial score (nSPS) is 12.2. The molecule has 0 aliphatic rings. The Morgan fingerprint density at radius 3 is 2.78 bits per heavy atom. The smallest absolute Gasteiger partial charge is 0.191 e. The van der Waals surface area contributed by atoms with Gasteiger partial charge in [-0.15, -0.1) is 34.2 Å². The van der Waals surface area contributed by atoms with E-state index in [9.17, 15) is 0 Å². The van der Waals surface area contributed by atoms with Crippen LogP contribution in [0.25, 0.3) is 0 Å². The van der Waals surface area contributed by atoms with E-state index in [1.807, 2.05) is 42.7 Å². The molecule has 27 heavy (non-hydrogen) atoms. The average Bonchev–Trinajstić information content (AvgIpc) is 3.09. The minimum Gasteiger partial charge on any atom is -0.487 e. The van der Waals surface area contributed by atoms with Gasteiger partial charge in [-0.1, -0.05) is 30.7 Å². The second-order valence-electron chi connectivity index (χ2n) is 5.80. The number of nitrogens with zero attached hydrogens (tertiary/aromatic N) is 4. The SMILES string of the molecule is CCNC(=NCC(C)Oc1ccccc1Cl)NCCn1cnnc1CC.I. The summed E-state index contributed by atoms with van der Waals surface area (Å²) in [6, 6.07) is 7.45. The predicted molar refractivity (Wildman–Crippen MR) is 120 cm³/mol. The summed E-state index contributed by atoms with van der Waals surface area (Å²) >= 11 is 6.12. The molecule has 0 saturated carbocycles. The second-order valence-corrected chi connectivity index (χ2v) is 6.21. The zero-order valence-corrected chi connectivity index (χ0v) is 19.1. The van der Waals surface area contributed by atoms with Crippen molar-refractivity contribution in [2.45, 2.75) is 39.8 Å². The number of rotatable bonds is 9. The molecular formula is C18H28ClIN6O. The summed E-state index contributed by atoms with van der Waals surface area (Å²) in [5, 5.41) is 15.2. The van der Waals surface area contributed by atoms with Gasteiger partial charge in [-0.3, -0.25) is 0 Å². The van der Waals surface area contributed by atoms with Crippen LogP contribution in [0.2, 0.25) is 5.02 Å². The number of aryl methyl sites for hydroxylation is 1. The third-order valence-electron chi connectivity index (χ3n) is 3.67. The monoisotopic (exact) mass is 506 g/mol. The van der Waals surface area contributed by atoms with Crippen LogP contribution < -0.4 is 15.4 Å². The summed E-state index contributed by atoms with van der Waals surface area (Å²) in [4.78, 5) is 4.59. The van der Waals surface area contributed by atoms with E-state index in [-0.39, 0.29) is 30.1 Å². The molecule has 0 radical (unpaired) electrons. The minimum atomic E-state index is -0.0881. The molecule has 150 valence electrons. The number of aromatic nitrogens is 3. The fourth-order valence-electron chi connectivity index (χ4n) is 2.39. The molecule has 0 saturated heterocycles. The maximum atomic E-state index is 6.12. The number of hydrogen-bond acceptors (Lipinski definition) is 4. The van der Waals surface area contributed by atoms with Crippen molar-refractivity contribution in [3.8, 4) is 5.75 Å². The van der Waals surface area contributed by atoms with Crippen molar-refractivity contribution in [1.82, 2.24) is 25.4 Å². The molecule has 1 atom stereocenters. The Kier molecular flexibility index (Phi) is 11.1. The zero-order chi connectivity index (χ0) is 18.8. The first-order valence-corrected chi connectivity index (χ1v) is 9.31. The zero-order valence-electron chi connectivity index (χ0n) is 16.0. The van der Waals surface area contributed by atoms with E-state index < -0.39 is 0 Å². The van der Waals surface area contributed by atoms with E-state index in [2.05, 4.69) is 32.7 Å². The Bertz CT molecular complexity index is 709. The summed E-state index contributed by atoms with van der Waals surface area (Å²) in [6.07, 6.45) is 2.53. The van der Waals surface area contributed by atoms with Crippen molar-refractivity contribution in [3.05, 3.63) is 41.4 Å². The summed E-state index contributed by atoms with van der Waals surface area (Å²) < 4.78 is 7.89. The highest BCUT2D eigenvalue weighted by atomic mass is 127. The minimum absolute atomic E-state index is 0. The van der Waals surface area contributed by atoms with Crippen LogP contribution in [0, 0.1) is 0 Å². The molecule has 1 heterocycles. The number of ether oxygens (including phenoxy) is 1. The van der Waals surface area contributed by atoms with E-state index >= 15 is 0 Å². The lowest BCUT2D eigenvalue weighted by molar-refractivity contribution is 0.230. The highest BCUT2D eigenvalue weighted by Crippen LogP contribution is 2.24. The van der Waals surface area contributed by atoms with Gasteiger partial charge in [0.1, 0.15) is 24.0 Å². The summed E-state index contributed by atoms with van der Waals surface area (Å²) in [5.74, 6) is 2.42. The molecule has 0 spiro atoms. The van der Waals surface area contributed by atoms with Gasteiger partial charge in [-0.25, -0.2) is 4.99 Å². The largest absolute Gasteiger partial charge is 0.487 e. The van der Waals surface area contributed by atoms with Gasteiger partial charge >= 0.3 is 0 Å². The molecule has 1 aromatic carbocycles. The molecule has 9 heteroatoms. The standard InChI is InChI=1S/C18H27ClN6O.HI/c1-4-17-24-23-13-25(17)11-10-21-18(20-5-2)22-12-14(3)26-16-9-7-6-8-15(16)19;/h6-9,13-14H,4-5,10-12H2,1-3H3,(H2,20,21,22);1H. The van der Waals surface area contributed by atoms with Crippen LogP contribution in [0.5, 0.6) is 5.75 Å². The maximum Gasteiger partial charge on any atom is 0.191 e. The number of aliphatic imine (C=N–C) groups is 1. The molecule has 2 N–H and O–H groups in total. The average molecular weight is 507 g/mol. The predicted octanol–water partition coefficient (Wildman–Crippen LogP) is 3.13. The number of hydrogen-bond donors (Lipinski definition) is 2. The van der Waals surface area contributed by atoms with E-state index in [1.165, 1.54) is 0 Å². The molecule has 1 aromatic heterocycles. The van der Waals surface area contributed by atoms with Crippen molar-refractivity contribution in [2.24, 2.45) is 4.99 Å². The molecule has 2 aromatic rings. The molecule has 0 aliphatic heterocycles. The van der Waals surface area contributed by atoms with Gasteiger partial charge in [0.25, 0.3) is 0 Å². The third kappa shape index (κ3) is 7.92. The van der Waals surface area contributed by atoms with Crippen LogP contribution in [0.1, 0.15) is 26.6 Å². The first kappa shape index (κ1) is 23.5. The Hall–Kier alpha value is -1.55. The van der Waals surface area contributed by atoms with Gasteiger partial charge < -0.3 is 19.9 Å². The van der Waals surface area contributed by atoms with E-state index in [0.29, 0.717) is 17.3 Å². The van der Waals surface area contributed by atoms with Gasteiger partial charge in [0.05, 0.1) is 11.6 Å². The quantitative estimate of drug-likeness (QED) is 0.310. The van der Waals surface area contributed by atoms with Gasteiger partial charge in [-0.2, -0.15) is 0 Å². The Labute approximate surface area is 183 Å². The number of para-hydroxylation sites is 1. The fraction of sp³-hybridized carbons (Fsp3) is 0.500. The number of halogens is 2. The van der Waals surface area contributed by atoms with Crippen molar-refractivity contribution in [1.29, 1.82) is 0 Å². The highest BCUT2D eigenvalue weighted by Gasteiger charge is 2.07. The van der Waals surface area contributed by atoms with Crippen LogP contribution in [0.3, 0.4) is 0 Å². The molecule has 0 fully saturated rings. The molecule has 0 aliphatic carbocycles. The Morgan fingerprint density at radius 1 is 1.30 bits per heavy atom. The Balaban J connectivity index is 0.00000364. The number of benzene rings is 1. The fourth-order valence-corrected chi connectivity index (χ4v) is 2.57. The second kappa shape index (κ2) is 12.8. The summed E-state index contributed by atoms with van der Waals surface area (Å²) in [7, 11) is 0. The first-order chi connectivity index (χ1) is 12.6. The third-order valence-corrected chi connectivity index (χ3v) is 3.98. The van der Waals surface area contributed by atoms with Crippen molar-refractivity contribution < 1.29 is 4.74 Å². The molecule has 1 unspecified atom stereocenters. The lowest BCUT2D eigenvalue weighted by Gasteiger charge is -2.16. The van der Waals surface area contributed by atoms with Gasteiger partial charge in [-0.05, 0) is 26.0 Å². The summed E-state index contributed by atoms with van der Waals surface area (Å²) in [6.45, 7) is 8.91. The molecule has 2 rings (SSSR count). The van der Waals surface area contributed by atoms with Crippen molar-refractivity contribution in [2.75, 3.05) is 19.6 Å². The van der Waals surface area contributed by atoms with Crippen LogP contribution in [-0.4, -0.2) is 46.5 Å². The lowest BCUT2D eigenvalue weighted by Crippen LogP contribution is -2.39. The van der Waals surface area contributed by atoms with Gasteiger partial charge in [0.2, 0.25) is 0 Å². The number of nitrogens with one attached hydrogen (secondary N) is 2. The number of guanidine groups is 1. The first-order valence-electron chi connectivity index (χ1n) is 8.94. The molecule has 0 bridgehead atoms. The van der Waals surface area contributed by atoms with Crippen LogP contribution >= 0.6 is 35.6 Å². The van der Waals surface area contributed by atoms with Crippen molar-refractivity contribution >= 4 is 41.5 Å². The van der Waals surface area contributed by atoms with Crippen LogP contribution in [0.15, 0.2) is 35.6 Å². The van der Waals surface area contributed by atoms with E-state index in [0.717, 1.165) is 37.8 Å². The van der Waals surface area contributed by atoms with Gasteiger partial charge in [0.15, 0.2) is 5.96 Å². The molecule has 0 amide bonds.